The normalized spacial score (nSPS) is 18.8. The Morgan fingerprint density at radius 2 is 0.885 bits per heavy atom. The Kier molecular flexibility index (Phi) is 53.3. The first-order valence-electron chi connectivity index (χ1n) is 32.9. The van der Waals surface area contributed by atoms with Crippen LogP contribution in [0.25, 0.3) is 0 Å². The maximum Gasteiger partial charge on any atom is 0.305 e. The monoisotopic (exact) mass is 1100 g/mol. The van der Waals surface area contributed by atoms with Gasteiger partial charge in [0.15, 0.2) is 6.29 Å². The second kappa shape index (κ2) is 56.5. The molecule has 0 aliphatic carbocycles. The van der Waals surface area contributed by atoms with Gasteiger partial charge in [-0.3, -0.25) is 9.59 Å². The molecule has 1 amide bonds. The Balaban J connectivity index is 1.95. The molecule has 0 saturated carbocycles. The van der Waals surface area contributed by atoms with E-state index in [4.69, 9.17) is 14.2 Å². The van der Waals surface area contributed by atoms with Crippen LogP contribution in [-0.4, -0.2) is 100 Å². The number of hydrogen-bond donors (Lipinski definition) is 6. The van der Waals surface area contributed by atoms with E-state index in [2.05, 4.69) is 42.6 Å². The van der Waals surface area contributed by atoms with Gasteiger partial charge in [0.2, 0.25) is 5.91 Å². The molecule has 11 heteroatoms. The maximum absolute atomic E-state index is 13.0. The molecule has 0 radical (unpaired) electrons. The fourth-order valence-corrected chi connectivity index (χ4v) is 10.3. The number of aliphatic hydroxyl groups excluding tert-OH is 5. The fourth-order valence-electron chi connectivity index (χ4n) is 10.3. The Morgan fingerprint density at radius 3 is 1.35 bits per heavy atom. The van der Waals surface area contributed by atoms with Crippen molar-refractivity contribution in [3.63, 3.8) is 0 Å². The first kappa shape index (κ1) is 73.6. The second-order valence-corrected chi connectivity index (χ2v) is 22.8. The molecule has 6 N–H and O–H groups in total. The van der Waals surface area contributed by atoms with Gasteiger partial charge in [-0.15, -0.1) is 0 Å². The molecule has 1 aliphatic heterocycles. The lowest BCUT2D eigenvalue weighted by molar-refractivity contribution is -0.302. The number of unbranched alkanes of at least 4 members (excludes halogenated alkanes) is 38. The quantitative estimate of drug-likeness (QED) is 0.0195. The molecule has 0 bridgehead atoms. The standard InChI is InChI=1S/C67H123NO10/c1-3-5-7-9-11-13-14-31-35-39-43-47-51-55-63(72)76-56-52-48-44-40-36-33-30-28-26-24-22-20-18-16-15-17-19-21-23-25-27-29-32-34-38-42-46-50-54-62(71)68-59(60(70)53-49-45-41-37-12-10-8-6-4-2)58-77-67-66(75)65(74)64(73)61(57-69)78-67/h4,6,12,15-16,37,49,53,59-61,64-67,69-70,73-75H,3,5,7-11,13-14,17-36,38-48,50-52,54-58H2,1-2H3,(H,68,71)/b6-4+,16-15-,37-12+,53-49+. The first-order chi connectivity index (χ1) is 38.2. The molecule has 7 unspecified atom stereocenters. The fraction of sp³-hybridized carbons (Fsp3) is 0.851. The van der Waals surface area contributed by atoms with E-state index < -0.39 is 49.5 Å². The molecule has 0 aromatic rings. The third-order valence-corrected chi connectivity index (χ3v) is 15.5. The van der Waals surface area contributed by atoms with Gasteiger partial charge >= 0.3 is 5.97 Å². The highest BCUT2D eigenvalue weighted by atomic mass is 16.7. The summed E-state index contributed by atoms with van der Waals surface area (Å²) < 4.78 is 16.7. The molecule has 0 spiro atoms. The SMILES string of the molecule is C/C=C/CC/C=C/CC/C=C/C(O)C(COC1OC(CO)C(O)C(O)C1O)NC(=O)CCCCCCCCCCCCCC/C=C\CCCCCCCCCCCCCCOC(=O)CCCCCCCCCCCCCCC. The molecule has 1 saturated heterocycles. The highest BCUT2D eigenvalue weighted by molar-refractivity contribution is 5.76. The largest absolute Gasteiger partial charge is 0.466 e. The van der Waals surface area contributed by atoms with Crippen LogP contribution in [0.5, 0.6) is 0 Å². The van der Waals surface area contributed by atoms with E-state index in [1.165, 1.54) is 212 Å². The van der Waals surface area contributed by atoms with Gasteiger partial charge in [-0.1, -0.05) is 261 Å². The second-order valence-electron chi connectivity index (χ2n) is 22.8. The molecule has 78 heavy (non-hydrogen) atoms. The zero-order valence-corrected chi connectivity index (χ0v) is 50.4. The van der Waals surface area contributed by atoms with Crippen molar-refractivity contribution in [2.75, 3.05) is 19.8 Å². The van der Waals surface area contributed by atoms with Crippen LogP contribution in [0.1, 0.15) is 303 Å². The maximum atomic E-state index is 13.0. The highest BCUT2D eigenvalue weighted by Gasteiger charge is 2.44. The van der Waals surface area contributed by atoms with Crippen LogP contribution in [0.3, 0.4) is 0 Å². The van der Waals surface area contributed by atoms with Gasteiger partial charge in [0, 0.05) is 12.8 Å². The van der Waals surface area contributed by atoms with Crippen molar-refractivity contribution in [1.82, 2.24) is 5.32 Å². The van der Waals surface area contributed by atoms with Crippen LogP contribution in [-0.2, 0) is 23.8 Å². The highest BCUT2D eigenvalue weighted by Crippen LogP contribution is 2.23. The molecule has 1 fully saturated rings. The molecule has 1 rings (SSSR count). The number of carbonyl (C=O) groups is 2. The predicted octanol–water partition coefficient (Wildman–Crippen LogP) is 16.0. The van der Waals surface area contributed by atoms with Crippen LogP contribution < -0.4 is 5.32 Å². The summed E-state index contributed by atoms with van der Waals surface area (Å²) in [5, 5.41) is 54.2. The molecule has 0 aromatic heterocycles. The number of rotatable bonds is 57. The van der Waals surface area contributed by atoms with Gasteiger partial charge in [0.1, 0.15) is 24.4 Å². The lowest BCUT2D eigenvalue weighted by atomic mass is 9.99. The van der Waals surface area contributed by atoms with Crippen LogP contribution in [0.15, 0.2) is 48.6 Å². The van der Waals surface area contributed by atoms with Crippen molar-refractivity contribution >= 4 is 11.9 Å². The van der Waals surface area contributed by atoms with Crippen LogP contribution in [0, 0.1) is 0 Å². The molecule has 7 atom stereocenters. The third-order valence-electron chi connectivity index (χ3n) is 15.5. The van der Waals surface area contributed by atoms with Crippen LogP contribution in [0.4, 0.5) is 0 Å². The van der Waals surface area contributed by atoms with Crippen molar-refractivity contribution in [2.24, 2.45) is 0 Å². The van der Waals surface area contributed by atoms with Gasteiger partial charge in [-0.2, -0.15) is 0 Å². The Labute approximate surface area is 478 Å². The van der Waals surface area contributed by atoms with E-state index in [-0.39, 0.29) is 18.5 Å². The van der Waals surface area contributed by atoms with Gasteiger partial charge in [-0.25, -0.2) is 0 Å². The van der Waals surface area contributed by atoms with E-state index in [0.717, 1.165) is 64.2 Å². The Bertz CT molecular complexity index is 1430. The molecular formula is C67H123NO10. The summed E-state index contributed by atoms with van der Waals surface area (Å²) in [5.41, 5.74) is 0. The van der Waals surface area contributed by atoms with Crippen molar-refractivity contribution < 1.29 is 49.3 Å². The number of hydrogen-bond acceptors (Lipinski definition) is 10. The van der Waals surface area contributed by atoms with Gasteiger partial charge in [0.05, 0.1) is 32.0 Å². The smallest absolute Gasteiger partial charge is 0.305 e. The van der Waals surface area contributed by atoms with E-state index >= 15 is 0 Å². The summed E-state index contributed by atoms with van der Waals surface area (Å²) in [7, 11) is 0. The van der Waals surface area contributed by atoms with Crippen molar-refractivity contribution in [1.29, 1.82) is 0 Å². The lowest BCUT2D eigenvalue weighted by Gasteiger charge is -2.40. The average molecular weight is 1100 g/mol. The number of ether oxygens (including phenoxy) is 3. The topological polar surface area (TPSA) is 175 Å². The molecule has 11 nitrogen and oxygen atoms in total. The van der Waals surface area contributed by atoms with Crippen LogP contribution >= 0.6 is 0 Å². The molecular weight excluding hydrogens is 979 g/mol. The van der Waals surface area contributed by atoms with Gasteiger partial charge in [-0.05, 0) is 77.6 Å². The van der Waals surface area contributed by atoms with Gasteiger partial charge < -0.3 is 45.1 Å². The minimum absolute atomic E-state index is 0.00749. The van der Waals surface area contributed by atoms with E-state index in [9.17, 15) is 35.1 Å². The summed E-state index contributed by atoms with van der Waals surface area (Å²) in [6.07, 6.45) is 62.7. The number of carbonyl (C=O) groups excluding carboxylic acids is 2. The lowest BCUT2D eigenvalue weighted by Crippen LogP contribution is -2.60. The minimum Gasteiger partial charge on any atom is -0.466 e. The summed E-state index contributed by atoms with van der Waals surface area (Å²) in [6, 6.07) is -0.833. The molecule has 456 valence electrons. The van der Waals surface area contributed by atoms with E-state index in [1.807, 2.05) is 19.1 Å². The Morgan fingerprint density at radius 1 is 0.487 bits per heavy atom. The summed E-state index contributed by atoms with van der Waals surface area (Å²) >= 11 is 0. The predicted molar refractivity (Wildman–Crippen MR) is 324 cm³/mol. The number of amides is 1. The average Bonchev–Trinajstić information content (AvgIpc) is 3.44. The number of nitrogens with one attached hydrogen (secondary N) is 1. The Hall–Kier alpha value is -2.38. The zero-order chi connectivity index (χ0) is 56.6. The summed E-state index contributed by atoms with van der Waals surface area (Å²) in [6.45, 7) is 4.11. The van der Waals surface area contributed by atoms with E-state index in [1.54, 1.807) is 6.08 Å². The number of allylic oxidation sites excluding steroid dienone is 7. The van der Waals surface area contributed by atoms with Crippen molar-refractivity contribution in [3.05, 3.63) is 48.6 Å². The third kappa shape index (κ3) is 45.3. The summed E-state index contributed by atoms with van der Waals surface area (Å²) in [5.74, 6) is -0.192. The minimum atomic E-state index is -1.58. The summed E-state index contributed by atoms with van der Waals surface area (Å²) in [4.78, 5) is 25.0. The molecule has 1 aliphatic rings. The van der Waals surface area contributed by atoms with Crippen LogP contribution in [0.2, 0.25) is 0 Å². The molecule has 1 heterocycles. The van der Waals surface area contributed by atoms with Crippen molar-refractivity contribution in [3.8, 4) is 0 Å². The van der Waals surface area contributed by atoms with Crippen molar-refractivity contribution in [2.45, 2.75) is 346 Å². The first-order valence-corrected chi connectivity index (χ1v) is 32.9. The molecule has 0 aromatic carbocycles. The van der Waals surface area contributed by atoms with E-state index in [0.29, 0.717) is 19.4 Å². The number of esters is 1. The zero-order valence-electron chi connectivity index (χ0n) is 50.4. The number of aliphatic hydroxyl groups is 5. The van der Waals surface area contributed by atoms with Gasteiger partial charge in [0.25, 0.3) is 0 Å².